The maximum absolute atomic E-state index is 13.9. The lowest BCUT2D eigenvalue weighted by atomic mass is 9.99. The van der Waals surface area contributed by atoms with Crippen LogP contribution in [0.2, 0.25) is 0 Å². The van der Waals surface area contributed by atoms with Crippen molar-refractivity contribution in [1.29, 1.82) is 0 Å². The van der Waals surface area contributed by atoms with Gasteiger partial charge in [0.25, 0.3) is 0 Å². The van der Waals surface area contributed by atoms with Crippen LogP contribution in [0.25, 0.3) is 0 Å². The first-order valence-electron chi connectivity index (χ1n) is 6.24. The Hall–Kier alpha value is -1.46. The number of nitrogens with zero attached hydrogens (tertiary/aromatic N) is 1. The monoisotopic (exact) mass is 338 g/mol. The third-order valence-electron chi connectivity index (χ3n) is 3.19. The largest absolute Gasteiger partial charge is 0.495 e. The van der Waals surface area contributed by atoms with Crippen LogP contribution >= 0.6 is 15.9 Å². The first-order chi connectivity index (χ1) is 9.65. The molecule has 0 amide bonds. The third-order valence-corrected chi connectivity index (χ3v) is 3.69. The molecule has 20 heavy (non-hydrogen) atoms. The van der Waals surface area contributed by atoms with Crippen molar-refractivity contribution in [3.8, 4) is 5.75 Å². The molecule has 0 fully saturated rings. The Kier molecular flexibility index (Phi) is 5.09. The van der Waals surface area contributed by atoms with Crippen LogP contribution in [-0.2, 0) is 6.42 Å². The molecule has 106 valence electrons. The number of methoxy groups -OCH3 is 1. The Morgan fingerprint density at radius 1 is 1.40 bits per heavy atom. The second kappa shape index (κ2) is 6.81. The molecule has 2 rings (SSSR count). The Balaban J connectivity index is 2.31. The Morgan fingerprint density at radius 3 is 2.90 bits per heavy atom. The van der Waals surface area contributed by atoms with E-state index in [1.807, 2.05) is 13.1 Å². The van der Waals surface area contributed by atoms with E-state index in [0.717, 1.165) is 10.0 Å². The molecule has 0 radical (unpaired) electrons. The number of benzene rings is 1. The molecule has 0 bridgehead atoms. The number of ether oxygens (including phenoxy) is 1. The molecule has 1 aromatic carbocycles. The van der Waals surface area contributed by atoms with Gasteiger partial charge in [0.15, 0.2) is 0 Å². The van der Waals surface area contributed by atoms with Crippen LogP contribution in [0.5, 0.6) is 5.75 Å². The summed E-state index contributed by atoms with van der Waals surface area (Å²) in [5.41, 5.74) is 1.61. The van der Waals surface area contributed by atoms with Crippen molar-refractivity contribution in [2.75, 3.05) is 14.2 Å². The van der Waals surface area contributed by atoms with Gasteiger partial charge >= 0.3 is 0 Å². The summed E-state index contributed by atoms with van der Waals surface area (Å²) < 4.78 is 20.1. The molecule has 3 nitrogen and oxygen atoms in total. The quantitative estimate of drug-likeness (QED) is 0.905. The van der Waals surface area contributed by atoms with E-state index in [0.29, 0.717) is 17.7 Å². The molecule has 2 aromatic rings. The molecule has 0 aliphatic carbocycles. The van der Waals surface area contributed by atoms with E-state index in [1.165, 1.54) is 6.07 Å². The zero-order valence-electron chi connectivity index (χ0n) is 11.4. The highest BCUT2D eigenvalue weighted by Crippen LogP contribution is 2.28. The SMILES string of the molecule is CNC(Cc1cc(Br)ccc1F)c1ccncc1OC. The Bertz CT molecular complexity index is 592. The number of nitrogens with one attached hydrogen (secondary N) is 1. The van der Waals surface area contributed by atoms with E-state index in [4.69, 9.17) is 4.74 Å². The van der Waals surface area contributed by atoms with Gasteiger partial charge in [0, 0.05) is 22.3 Å². The summed E-state index contributed by atoms with van der Waals surface area (Å²) in [7, 11) is 3.45. The molecule has 5 heteroatoms. The van der Waals surface area contributed by atoms with Gasteiger partial charge in [-0.2, -0.15) is 0 Å². The van der Waals surface area contributed by atoms with E-state index < -0.39 is 0 Å². The fourth-order valence-electron chi connectivity index (χ4n) is 2.14. The molecular formula is C15H16BrFN2O. The smallest absolute Gasteiger partial charge is 0.141 e. The molecule has 0 saturated heterocycles. The van der Waals surface area contributed by atoms with Gasteiger partial charge in [-0.3, -0.25) is 4.98 Å². The van der Waals surface area contributed by atoms with Gasteiger partial charge in [0.1, 0.15) is 11.6 Å². The molecule has 1 unspecified atom stereocenters. The van der Waals surface area contributed by atoms with Crippen LogP contribution in [0.3, 0.4) is 0 Å². The number of aromatic nitrogens is 1. The molecule has 0 aliphatic rings. The van der Waals surface area contributed by atoms with Crippen molar-refractivity contribution in [1.82, 2.24) is 10.3 Å². The molecule has 1 heterocycles. The van der Waals surface area contributed by atoms with Gasteiger partial charge in [-0.05, 0) is 43.3 Å². The summed E-state index contributed by atoms with van der Waals surface area (Å²) in [6, 6.07) is 6.80. The van der Waals surface area contributed by atoms with E-state index in [9.17, 15) is 4.39 Å². The lowest BCUT2D eigenvalue weighted by Gasteiger charge is -2.19. The second-order valence-corrected chi connectivity index (χ2v) is 5.31. The van der Waals surface area contributed by atoms with Crippen molar-refractivity contribution >= 4 is 15.9 Å². The van der Waals surface area contributed by atoms with Crippen LogP contribution in [0, 0.1) is 5.82 Å². The predicted molar refractivity (Wildman–Crippen MR) is 80.4 cm³/mol. The Morgan fingerprint density at radius 2 is 2.20 bits per heavy atom. The minimum absolute atomic E-state index is 0.0447. The van der Waals surface area contributed by atoms with E-state index >= 15 is 0 Å². The summed E-state index contributed by atoms with van der Waals surface area (Å²) in [6.07, 6.45) is 3.90. The highest BCUT2D eigenvalue weighted by atomic mass is 79.9. The zero-order chi connectivity index (χ0) is 14.5. The third kappa shape index (κ3) is 3.35. The maximum atomic E-state index is 13.9. The molecule has 1 N–H and O–H groups in total. The lowest BCUT2D eigenvalue weighted by molar-refractivity contribution is 0.398. The average Bonchev–Trinajstić information content (AvgIpc) is 2.48. The topological polar surface area (TPSA) is 34.2 Å². The van der Waals surface area contributed by atoms with Crippen molar-refractivity contribution in [2.45, 2.75) is 12.5 Å². The van der Waals surface area contributed by atoms with Crippen LogP contribution in [0.4, 0.5) is 4.39 Å². The fraction of sp³-hybridized carbons (Fsp3) is 0.267. The van der Waals surface area contributed by atoms with Crippen LogP contribution in [0.15, 0.2) is 41.1 Å². The minimum Gasteiger partial charge on any atom is -0.495 e. The normalized spacial score (nSPS) is 12.2. The van der Waals surface area contributed by atoms with Gasteiger partial charge in [-0.15, -0.1) is 0 Å². The van der Waals surface area contributed by atoms with E-state index in [-0.39, 0.29) is 11.9 Å². The fourth-order valence-corrected chi connectivity index (χ4v) is 2.54. The summed E-state index contributed by atoms with van der Waals surface area (Å²) in [5.74, 6) is 0.490. The van der Waals surface area contributed by atoms with Crippen molar-refractivity contribution in [3.63, 3.8) is 0 Å². The summed E-state index contributed by atoms with van der Waals surface area (Å²) in [4.78, 5) is 4.04. The maximum Gasteiger partial charge on any atom is 0.141 e. The van der Waals surface area contributed by atoms with Gasteiger partial charge in [0.05, 0.1) is 13.3 Å². The summed E-state index contributed by atoms with van der Waals surface area (Å²) in [6.45, 7) is 0. The first-order valence-corrected chi connectivity index (χ1v) is 7.04. The van der Waals surface area contributed by atoms with Gasteiger partial charge in [-0.25, -0.2) is 4.39 Å². The molecule has 1 atom stereocenters. The number of hydrogen-bond acceptors (Lipinski definition) is 3. The summed E-state index contributed by atoms with van der Waals surface area (Å²) >= 11 is 3.37. The zero-order valence-corrected chi connectivity index (χ0v) is 12.9. The lowest BCUT2D eigenvalue weighted by Crippen LogP contribution is -2.20. The number of rotatable bonds is 5. The molecule has 0 spiro atoms. The molecular weight excluding hydrogens is 323 g/mol. The van der Waals surface area contributed by atoms with Gasteiger partial charge in [-0.1, -0.05) is 15.9 Å². The molecule has 0 aliphatic heterocycles. The number of pyridine rings is 1. The van der Waals surface area contributed by atoms with Crippen molar-refractivity contribution in [2.24, 2.45) is 0 Å². The highest BCUT2D eigenvalue weighted by Gasteiger charge is 2.17. The second-order valence-electron chi connectivity index (χ2n) is 4.40. The van der Waals surface area contributed by atoms with Crippen molar-refractivity contribution in [3.05, 3.63) is 58.1 Å². The minimum atomic E-state index is -0.207. The van der Waals surface area contributed by atoms with Crippen LogP contribution in [0.1, 0.15) is 17.2 Å². The average molecular weight is 339 g/mol. The van der Waals surface area contributed by atoms with Gasteiger partial charge in [0.2, 0.25) is 0 Å². The van der Waals surface area contributed by atoms with Crippen LogP contribution in [-0.4, -0.2) is 19.1 Å². The summed E-state index contributed by atoms with van der Waals surface area (Å²) in [5, 5.41) is 3.20. The van der Waals surface area contributed by atoms with Crippen LogP contribution < -0.4 is 10.1 Å². The molecule has 0 saturated carbocycles. The number of halogens is 2. The Labute approximate surface area is 126 Å². The van der Waals surface area contributed by atoms with Gasteiger partial charge < -0.3 is 10.1 Å². The first kappa shape index (κ1) is 14.9. The number of hydrogen-bond donors (Lipinski definition) is 1. The standard InChI is InChI=1S/C15H16BrFN2O/c1-18-14(12-5-6-19-9-15(12)20-2)8-10-7-11(16)3-4-13(10)17/h3-7,9,14,18H,8H2,1-2H3. The van der Waals surface area contributed by atoms with E-state index in [2.05, 4.69) is 26.2 Å². The predicted octanol–water partition coefficient (Wildman–Crippen LogP) is 3.50. The highest BCUT2D eigenvalue weighted by molar-refractivity contribution is 9.10. The number of likely N-dealkylation sites (N-methyl/N-ethyl adjacent to an activating group) is 1. The van der Waals surface area contributed by atoms with E-state index in [1.54, 1.807) is 31.6 Å². The molecule has 1 aromatic heterocycles. The van der Waals surface area contributed by atoms with Crippen molar-refractivity contribution < 1.29 is 9.13 Å².